The van der Waals surface area contributed by atoms with Gasteiger partial charge in [0.25, 0.3) is 0 Å². The zero-order chi connectivity index (χ0) is 15.2. The van der Waals surface area contributed by atoms with Crippen molar-refractivity contribution >= 4 is 19.8 Å². The quantitative estimate of drug-likeness (QED) is 0.591. The number of aryl methyl sites for hydroxylation is 1. The summed E-state index contributed by atoms with van der Waals surface area (Å²) in [7, 11) is 2.65. The number of carbonyl (C=O) groups is 1. The number of rotatable bonds is 5. The molecule has 3 heteroatoms. The molecule has 2 nitrogen and oxygen atoms in total. The molecule has 2 rings (SSSR count). The molecule has 2 aromatic carbocycles. The van der Waals surface area contributed by atoms with Crippen molar-refractivity contribution in [3.63, 3.8) is 0 Å². The molecule has 0 saturated carbocycles. The van der Waals surface area contributed by atoms with Gasteiger partial charge in [-0.05, 0) is 13.0 Å². The van der Waals surface area contributed by atoms with Crippen molar-refractivity contribution < 1.29 is 9.53 Å². The first-order valence-corrected chi connectivity index (χ1v) is 7.92. The Balaban J connectivity index is 2.18. The van der Waals surface area contributed by atoms with Gasteiger partial charge in [0, 0.05) is 22.6 Å². The molecule has 1 unspecified atom stereocenters. The molecule has 108 valence electrons. The third-order valence-electron chi connectivity index (χ3n) is 3.31. The van der Waals surface area contributed by atoms with E-state index in [4.69, 9.17) is 4.74 Å². The minimum absolute atomic E-state index is 0.0655. The molecule has 0 N–H and O–H groups in total. The lowest BCUT2D eigenvalue weighted by Crippen LogP contribution is -1.99. The summed E-state index contributed by atoms with van der Waals surface area (Å²) in [5.74, 6) is 2.68. The Morgan fingerprint density at radius 3 is 2.57 bits per heavy atom. The van der Waals surface area contributed by atoms with Crippen LogP contribution in [0.15, 0.2) is 48.5 Å². The van der Waals surface area contributed by atoms with Gasteiger partial charge in [0.1, 0.15) is 5.75 Å². The topological polar surface area (TPSA) is 26.3 Å². The Morgan fingerprint density at radius 1 is 1.19 bits per heavy atom. The second-order valence-corrected chi connectivity index (χ2v) is 6.26. The fraction of sp³-hybridized carbons (Fsp3) is 0.222. The molecule has 2 aromatic rings. The second kappa shape index (κ2) is 7.19. The SMILES string of the molecule is COc1ccc(C)cc1C(C)P=CC(=O)c1ccccc1. The van der Waals surface area contributed by atoms with Crippen molar-refractivity contribution in [3.05, 3.63) is 65.2 Å². The number of Topliss-reactive ketones (excluding diaryl/α,β-unsaturated/α-hetero) is 1. The van der Waals surface area contributed by atoms with E-state index in [-0.39, 0.29) is 11.4 Å². The first-order valence-electron chi connectivity index (χ1n) is 6.89. The maximum Gasteiger partial charge on any atom is 0.190 e. The highest BCUT2D eigenvalue weighted by Gasteiger charge is 2.10. The molecule has 21 heavy (non-hydrogen) atoms. The number of carbonyl (C=O) groups excluding carboxylic acids is 1. The van der Waals surface area contributed by atoms with Crippen LogP contribution in [0.3, 0.4) is 0 Å². The maximum absolute atomic E-state index is 12.1. The van der Waals surface area contributed by atoms with Crippen molar-refractivity contribution in [1.29, 1.82) is 0 Å². The molecule has 0 aliphatic rings. The van der Waals surface area contributed by atoms with Crippen LogP contribution >= 0.6 is 8.20 Å². The first-order chi connectivity index (χ1) is 10.1. The van der Waals surface area contributed by atoms with Crippen LogP contribution in [0.2, 0.25) is 0 Å². The van der Waals surface area contributed by atoms with Crippen LogP contribution in [0.4, 0.5) is 0 Å². The minimum atomic E-state index is 0.0655. The predicted octanol–water partition coefficient (Wildman–Crippen LogP) is 4.70. The van der Waals surface area contributed by atoms with E-state index in [9.17, 15) is 4.79 Å². The summed E-state index contributed by atoms with van der Waals surface area (Å²) in [6, 6.07) is 15.5. The van der Waals surface area contributed by atoms with Crippen molar-refractivity contribution in [1.82, 2.24) is 0 Å². The summed E-state index contributed by atoms with van der Waals surface area (Å²) in [5.41, 5.74) is 3.28. The molecule has 0 radical (unpaired) electrons. The lowest BCUT2D eigenvalue weighted by atomic mass is 10.1. The summed E-state index contributed by atoms with van der Waals surface area (Å²) >= 11 is 0. The summed E-state index contributed by atoms with van der Waals surface area (Å²) in [4.78, 5) is 12.1. The smallest absolute Gasteiger partial charge is 0.190 e. The molecule has 0 heterocycles. The molecule has 0 aliphatic carbocycles. The summed E-state index contributed by atoms with van der Waals surface area (Å²) < 4.78 is 5.41. The average molecular weight is 298 g/mol. The molecule has 0 saturated heterocycles. The van der Waals surface area contributed by atoms with E-state index in [2.05, 4.69) is 19.9 Å². The Hall–Kier alpha value is -1.92. The number of benzene rings is 2. The van der Waals surface area contributed by atoms with Crippen LogP contribution < -0.4 is 4.74 Å². The number of hydrogen-bond donors (Lipinski definition) is 0. The van der Waals surface area contributed by atoms with Crippen LogP contribution in [-0.4, -0.2) is 18.7 Å². The third-order valence-corrected chi connectivity index (χ3v) is 4.42. The van der Waals surface area contributed by atoms with Gasteiger partial charge in [-0.1, -0.05) is 63.2 Å². The minimum Gasteiger partial charge on any atom is -0.496 e. The Bertz CT molecular complexity index is 648. The first kappa shape index (κ1) is 15.5. The van der Waals surface area contributed by atoms with Crippen molar-refractivity contribution in [2.45, 2.75) is 19.5 Å². The highest BCUT2D eigenvalue weighted by molar-refractivity contribution is 7.41. The van der Waals surface area contributed by atoms with Crippen LogP contribution in [-0.2, 0) is 0 Å². The largest absolute Gasteiger partial charge is 0.496 e. The number of methoxy groups -OCH3 is 1. The normalized spacial score (nSPS) is 12.3. The lowest BCUT2D eigenvalue weighted by Gasteiger charge is -2.12. The molecule has 0 aliphatic heterocycles. The van der Waals surface area contributed by atoms with E-state index in [0.29, 0.717) is 0 Å². The van der Waals surface area contributed by atoms with E-state index in [1.807, 2.05) is 42.5 Å². The van der Waals surface area contributed by atoms with Crippen molar-refractivity contribution in [2.24, 2.45) is 0 Å². The molecule has 0 spiro atoms. The average Bonchev–Trinajstić information content (AvgIpc) is 2.53. The van der Waals surface area contributed by atoms with Crippen LogP contribution in [0, 0.1) is 6.92 Å². The molecule has 0 bridgehead atoms. The van der Waals surface area contributed by atoms with E-state index in [0.717, 1.165) is 25.1 Å². The fourth-order valence-corrected chi connectivity index (χ4v) is 2.99. The highest BCUT2D eigenvalue weighted by Crippen LogP contribution is 2.34. The summed E-state index contributed by atoms with van der Waals surface area (Å²) in [6.07, 6.45) is 0. The lowest BCUT2D eigenvalue weighted by molar-refractivity contribution is 0.107. The van der Waals surface area contributed by atoms with Crippen LogP contribution in [0.1, 0.15) is 34.1 Å². The van der Waals surface area contributed by atoms with Gasteiger partial charge >= 0.3 is 0 Å². The predicted molar refractivity (Wildman–Crippen MR) is 89.9 cm³/mol. The van der Waals surface area contributed by atoms with Crippen molar-refractivity contribution in [3.8, 4) is 5.75 Å². The number of hydrogen-bond acceptors (Lipinski definition) is 2. The maximum atomic E-state index is 12.1. The fourth-order valence-electron chi connectivity index (χ4n) is 2.12. The molecule has 0 aromatic heterocycles. The van der Waals surface area contributed by atoms with Gasteiger partial charge < -0.3 is 4.74 Å². The molecule has 1 atom stereocenters. The zero-order valence-corrected chi connectivity index (χ0v) is 13.4. The molecular weight excluding hydrogens is 279 g/mol. The Morgan fingerprint density at radius 2 is 1.90 bits per heavy atom. The van der Waals surface area contributed by atoms with Gasteiger partial charge in [-0.25, -0.2) is 0 Å². The highest BCUT2D eigenvalue weighted by atomic mass is 31.1. The number of ether oxygens (including phenoxy) is 1. The van der Waals surface area contributed by atoms with Crippen LogP contribution in [0.25, 0.3) is 0 Å². The van der Waals surface area contributed by atoms with E-state index < -0.39 is 0 Å². The standard InChI is InChI=1S/C18H19O2P/c1-13-9-10-18(20-3)16(11-13)14(2)21-12-17(19)15-7-5-4-6-8-15/h4-12,14H,1-3H3. The molecular formula is C18H19O2P. The second-order valence-electron chi connectivity index (χ2n) is 4.93. The van der Waals surface area contributed by atoms with Gasteiger partial charge in [-0.3, -0.25) is 4.79 Å². The zero-order valence-electron chi connectivity index (χ0n) is 12.5. The van der Waals surface area contributed by atoms with Gasteiger partial charge in [0.15, 0.2) is 5.78 Å². The van der Waals surface area contributed by atoms with E-state index in [1.54, 1.807) is 12.9 Å². The monoisotopic (exact) mass is 298 g/mol. The summed E-state index contributed by atoms with van der Waals surface area (Å²) in [6.45, 7) is 4.17. The van der Waals surface area contributed by atoms with Crippen LogP contribution in [0.5, 0.6) is 5.75 Å². The summed E-state index contributed by atoms with van der Waals surface area (Å²) in [5, 5.41) is 0. The number of ketones is 1. The third kappa shape index (κ3) is 4.03. The van der Waals surface area contributed by atoms with E-state index >= 15 is 0 Å². The van der Waals surface area contributed by atoms with Crippen molar-refractivity contribution in [2.75, 3.05) is 7.11 Å². The van der Waals surface area contributed by atoms with Gasteiger partial charge in [-0.2, -0.15) is 0 Å². The molecule has 0 amide bonds. The molecule has 0 fully saturated rings. The Labute approximate surface area is 127 Å². The van der Waals surface area contributed by atoms with Gasteiger partial charge in [0.05, 0.1) is 7.11 Å². The van der Waals surface area contributed by atoms with Gasteiger partial charge in [-0.15, -0.1) is 0 Å². The Kier molecular flexibility index (Phi) is 5.30. The van der Waals surface area contributed by atoms with Gasteiger partial charge in [0.2, 0.25) is 0 Å². The van der Waals surface area contributed by atoms with E-state index in [1.165, 1.54) is 5.56 Å².